The van der Waals surface area contributed by atoms with Gasteiger partial charge in [0.15, 0.2) is 0 Å². The molecule has 5 fully saturated rings. The van der Waals surface area contributed by atoms with Crippen molar-refractivity contribution in [2.24, 2.45) is 57.3 Å². The van der Waals surface area contributed by atoms with Crippen molar-refractivity contribution in [1.82, 2.24) is 0 Å². The van der Waals surface area contributed by atoms with Crippen LogP contribution in [0.15, 0.2) is 0 Å². The van der Waals surface area contributed by atoms with Gasteiger partial charge in [-0.3, -0.25) is 0 Å². The van der Waals surface area contributed by atoms with Crippen molar-refractivity contribution >= 4 is 88.0 Å². The summed E-state index contributed by atoms with van der Waals surface area (Å²) in [4.78, 5) is 0. The molecule has 0 aromatic carbocycles. The molecule has 5 aliphatic rings. The molecule has 5 aliphatic heterocycles. The molecular weight excluding hydrogens is 1020 g/mol. The van der Waals surface area contributed by atoms with Gasteiger partial charge >= 0.3 is 88.0 Å². The lowest BCUT2D eigenvalue weighted by Crippen LogP contribution is -2.88. The third-order valence-corrected chi connectivity index (χ3v) is 58.5. The van der Waals surface area contributed by atoms with Crippen LogP contribution in [0.2, 0.25) is 60.4 Å². The molecule has 0 aromatic heterocycles. The first-order valence-electron chi connectivity index (χ1n) is 23.7. The van der Waals surface area contributed by atoms with Gasteiger partial charge in [0.25, 0.3) is 0 Å². The lowest BCUT2D eigenvalue weighted by molar-refractivity contribution is -0.0297. The van der Waals surface area contributed by atoms with Crippen LogP contribution < -0.4 is 57.3 Å². The van der Waals surface area contributed by atoms with E-state index < -0.39 is 88.0 Å². The zero-order chi connectivity index (χ0) is 46.8. The number of nitrogens with two attached hydrogens (primary N) is 10. The average Bonchev–Trinajstić information content (AvgIpc) is 3.25. The van der Waals surface area contributed by atoms with E-state index in [-0.39, 0.29) is 126 Å². The highest BCUT2D eigenvalue weighted by atomic mass is 28.6. The number of hydrogen-bond donors (Lipinski definition) is 10. The highest BCUT2D eigenvalue weighted by Gasteiger charge is 2.83. The van der Waals surface area contributed by atoms with Crippen LogP contribution in [0.25, 0.3) is 0 Å². The van der Waals surface area contributed by atoms with Gasteiger partial charge in [-0.15, -0.1) is 0 Å². The SMILES string of the molecule is NCCC[Si]12O[Si]3(CCCN)O[Si]4(CCCN)O[Si](CCCN)(O1)O[Si]1(CCCN)O[Si](CCCN)(O4)O[Si]4(CCCN)O[Si](CCCN)(O[Si](CCCN)(O[Si](CCCN)(O3)O4)O2)O1. The van der Waals surface area contributed by atoms with Gasteiger partial charge < -0.3 is 119 Å². The third kappa shape index (κ3) is 13.0. The summed E-state index contributed by atoms with van der Waals surface area (Å²) in [6.45, 7) is 2.64. The summed E-state index contributed by atoms with van der Waals surface area (Å²) in [7, 11) is -43.7. The fourth-order valence-corrected chi connectivity index (χ4v) is 72.2. The molecule has 10 bridgehead atoms. The van der Waals surface area contributed by atoms with E-state index in [1.54, 1.807) is 0 Å². The molecule has 380 valence electrons. The lowest BCUT2D eigenvalue weighted by atomic mass is 10.5. The molecule has 25 nitrogen and oxygen atoms in total. The fraction of sp³-hybridized carbons (Fsp3) is 1.00. The Morgan fingerprint density at radius 2 is 0.231 bits per heavy atom. The molecule has 20 N–H and O–H groups in total. The molecule has 0 aliphatic carbocycles. The monoisotopic (exact) mass is 1100 g/mol. The largest absolute Gasteiger partial charge is 0.478 e. The number of fused-ring (bicyclic) bond motifs is 10. The van der Waals surface area contributed by atoms with Crippen LogP contribution in [0.4, 0.5) is 0 Å². The first-order valence-corrected chi connectivity index (χ1v) is 43.1. The minimum atomic E-state index is -4.37. The van der Waals surface area contributed by atoms with E-state index in [1.807, 2.05) is 0 Å². The van der Waals surface area contributed by atoms with E-state index in [0.29, 0.717) is 64.2 Å². The van der Waals surface area contributed by atoms with Gasteiger partial charge in [0.05, 0.1) is 0 Å². The molecular formula is C30H80N10O15Si10. The summed E-state index contributed by atoms with van der Waals surface area (Å²) in [6, 6.07) is 1.84. The van der Waals surface area contributed by atoms with E-state index in [0.717, 1.165) is 0 Å². The minimum absolute atomic E-state index is 0.184. The summed E-state index contributed by atoms with van der Waals surface area (Å²) in [5, 5.41) is 0. The Morgan fingerprint density at radius 1 is 0.154 bits per heavy atom. The maximum absolute atomic E-state index is 7.78. The Balaban J connectivity index is 1.85. The molecule has 35 heteroatoms. The van der Waals surface area contributed by atoms with Crippen LogP contribution in [-0.4, -0.2) is 153 Å². The molecule has 0 saturated carbocycles. The Morgan fingerprint density at radius 3 is 0.292 bits per heavy atom. The summed E-state index contributed by atoms with van der Waals surface area (Å²) < 4.78 is 116. The summed E-state index contributed by atoms with van der Waals surface area (Å²) in [6.07, 6.45) is 4.05. The zero-order valence-corrected chi connectivity index (χ0v) is 48.1. The van der Waals surface area contributed by atoms with E-state index in [9.17, 15) is 0 Å². The van der Waals surface area contributed by atoms with Crippen LogP contribution in [0.5, 0.6) is 0 Å². The smallest absolute Gasteiger partial charge is 0.373 e. The van der Waals surface area contributed by atoms with Gasteiger partial charge in [-0.2, -0.15) is 0 Å². The third-order valence-electron chi connectivity index (χ3n) is 11.5. The summed E-state index contributed by atoms with van der Waals surface area (Å²) >= 11 is 0. The van der Waals surface area contributed by atoms with E-state index in [1.165, 1.54) is 0 Å². The Hall–Kier alpha value is 1.17. The minimum Gasteiger partial charge on any atom is -0.373 e. The highest BCUT2D eigenvalue weighted by Crippen LogP contribution is 2.55. The van der Waals surface area contributed by atoms with Gasteiger partial charge in [0.2, 0.25) is 0 Å². The molecule has 0 aromatic rings. The van der Waals surface area contributed by atoms with Crippen LogP contribution in [0, 0.1) is 0 Å². The van der Waals surface area contributed by atoms with Gasteiger partial charge in [-0.05, 0) is 130 Å². The van der Waals surface area contributed by atoms with Crippen molar-refractivity contribution in [1.29, 1.82) is 0 Å². The normalized spacial score (nSPS) is 41.1. The van der Waals surface area contributed by atoms with Crippen molar-refractivity contribution in [2.75, 3.05) is 65.4 Å². The summed E-state index contributed by atoms with van der Waals surface area (Å²) in [5.41, 5.74) is 63.6. The predicted octanol–water partition coefficient (Wildman–Crippen LogP) is -1.81. The van der Waals surface area contributed by atoms with E-state index >= 15 is 0 Å². The van der Waals surface area contributed by atoms with Gasteiger partial charge in [-0.25, -0.2) is 0 Å². The molecule has 0 amide bonds. The number of rotatable bonds is 30. The highest BCUT2D eigenvalue weighted by molar-refractivity contribution is 7.04. The van der Waals surface area contributed by atoms with Gasteiger partial charge in [0, 0.05) is 60.4 Å². The van der Waals surface area contributed by atoms with Gasteiger partial charge in [0.1, 0.15) is 0 Å². The second-order valence-corrected chi connectivity index (χ2v) is 48.2. The molecule has 5 heterocycles. The first-order chi connectivity index (χ1) is 31.2. The van der Waals surface area contributed by atoms with E-state index in [4.69, 9.17) is 119 Å². The molecule has 0 atom stereocenters. The first kappa shape index (κ1) is 55.5. The Labute approximate surface area is 395 Å². The Kier molecular flexibility index (Phi) is 20.3. The second-order valence-electron chi connectivity index (χ2n) is 17.3. The molecule has 0 radical (unpaired) electrons. The maximum atomic E-state index is 7.78. The molecule has 5 saturated heterocycles. The molecule has 65 heavy (non-hydrogen) atoms. The van der Waals surface area contributed by atoms with Crippen LogP contribution in [0.3, 0.4) is 0 Å². The standard InChI is InChI=1S/C30H80N10O15Si10/c31-11-1-21-56-41-57(22-2-12-32)48-60(25-5-15-35)42-58(46-56,23-3-13-33)50-62(27-7-17-37)44-64(52-60,29-9-19-39)55-65(30-10-20-40)45-63(54-62,28-8-18-38)51-59(47-56,24-4-14-34)43-61(49-57,53-65)26-6-16-36/h1-40H2. The molecule has 5 rings (SSSR count). The maximum Gasteiger partial charge on any atom is 0.478 e. The Bertz CT molecular complexity index is 1150. The number of hydrogen-bond acceptors (Lipinski definition) is 25. The van der Waals surface area contributed by atoms with E-state index in [2.05, 4.69) is 0 Å². The van der Waals surface area contributed by atoms with Crippen molar-refractivity contribution in [3.8, 4) is 0 Å². The zero-order valence-electron chi connectivity index (χ0n) is 38.1. The van der Waals surface area contributed by atoms with Crippen molar-refractivity contribution in [2.45, 2.75) is 125 Å². The van der Waals surface area contributed by atoms with Crippen molar-refractivity contribution < 1.29 is 61.7 Å². The summed E-state index contributed by atoms with van der Waals surface area (Å²) in [5.74, 6) is 0. The molecule has 0 unspecified atom stereocenters. The van der Waals surface area contributed by atoms with Gasteiger partial charge in [-0.1, -0.05) is 0 Å². The van der Waals surface area contributed by atoms with Crippen molar-refractivity contribution in [3.05, 3.63) is 0 Å². The second kappa shape index (κ2) is 23.8. The van der Waals surface area contributed by atoms with Crippen LogP contribution in [-0.2, 0) is 61.7 Å². The topological polar surface area (TPSA) is 399 Å². The fourth-order valence-electron chi connectivity index (χ4n) is 8.90. The van der Waals surface area contributed by atoms with Crippen LogP contribution in [0.1, 0.15) is 64.2 Å². The van der Waals surface area contributed by atoms with Crippen LogP contribution >= 0.6 is 0 Å². The predicted molar refractivity (Wildman–Crippen MR) is 259 cm³/mol. The molecule has 0 spiro atoms. The lowest BCUT2D eigenvalue weighted by Gasteiger charge is -2.63. The average molecular weight is 1100 g/mol. The van der Waals surface area contributed by atoms with Crippen molar-refractivity contribution in [3.63, 3.8) is 0 Å². The quantitative estimate of drug-likeness (QED) is 0.0355.